The summed E-state index contributed by atoms with van der Waals surface area (Å²) < 4.78 is 0.837. The number of carbonyl (C=O) groups is 1. The van der Waals surface area contributed by atoms with E-state index in [-0.39, 0.29) is 13.0 Å². The molecule has 1 aromatic carbocycles. The number of nitrogens with zero attached hydrogens (tertiary/aromatic N) is 1. The molecule has 1 rings (SSSR count). The van der Waals surface area contributed by atoms with Crippen molar-refractivity contribution in [3.63, 3.8) is 0 Å². The molecule has 5 heteroatoms. The van der Waals surface area contributed by atoms with Crippen LogP contribution in [0.5, 0.6) is 0 Å². The van der Waals surface area contributed by atoms with Gasteiger partial charge in [0.1, 0.15) is 6.04 Å². The van der Waals surface area contributed by atoms with Gasteiger partial charge in [0.2, 0.25) is 0 Å². The van der Waals surface area contributed by atoms with Crippen LogP contribution < -0.4 is 5.32 Å². The number of nitriles is 1. The Kier molecular flexibility index (Phi) is 4.96. The zero-order chi connectivity index (χ0) is 12.0. The molecule has 1 atom stereocenters. The van der Waals surface area contributed by atoms with Gasteiger partial charge in [-0.1, -0.05) is 34.1 Å². The molecule has 0 aromatic heterocycles. The van der Waals surface area contributed by atoms with E-state index < -0.39 is 12.0 Å². The van der Waals surface area contributed by atoms with Crippen molar-refractivity contribution in [1.29, 1.82) is 5.26 Å². The number of rotatable bonds is 5. The van der Waals surface area contributed by atoms with Gasteiger partial charge in [-0.3, -0.25) is 10.1 Å². The molecule has 4 nitrogen and oxygen atoms in total. The highest BCUT2D eigenvalue weighted by Gasteiger charge is 2.12. The van der Waals surface area contributed by atoms with Crippen molar-refractivity contribution in [2.75, 3.05) is 6.54 Å². The monoisotopic (exact) mass is 282 g/mol. The maximum Gasteiger partial charge on any atom is 0.304 e. The molecular formula is C11H11BrN2O2. The van der Waals surface area contributed by atoms with Gasteiger partial charge in [0.05, 0.1) is 12.5 Å². The number of halogens is 1. The van der Waals surface area contributed by atoms with E-state index in [1.165, 1.54) is 0 Å². The van der Waals surface area contributed by atoms with E-state index in [0.29, 0.717) is 0 Å². The van der Waals surface area contributed by atoms with Crippen LogP contribution in [0.25, 0.3) is 0 Å². The minimum absolute atomic E-state index is 0.00261. The molecular weight excluding hydrogens is 272 g/mol. The number of carboxylic acids is 1. The molecule has 84 valence electrons. The summed E-state index contributed by atoms with van der Waals surface area (Å²) in [5.74, 6) is -0.878. The first-order valence-corrected chi connectivity index (χ1v) is 5.53. The van der Waals surface area contributed by atoms with E-state index in [2.05, 4.69) is 27.3 Å². The van der Waals surface area contributed by atoms with Crippen molar-refractivity contribution in [1.82, 2.24) is 5.32 Å². The van der Waals surface area contributed by atoms with Crippen LogP contribution >= 0.6 is 15.9 Å². The average Bonchev–Trinajstić information content (AvgIpc) is 2.25. The Bertz CT molecular complexity index is 415. The van der Waals surface area contributed by atoms with Crippen molar-refractivity contribution in [2.45, 2.75) is 12.5 Å². The van der Waals surface area contributed by atoms with Gasteiger partial charge in [-0.15, -0.1) is 0 Å². The quantitative estimate of drug-likeness (QED) is 0.867. The minimum atomic E-state index is -0.878. The molecule has 1 aromatic rings. The smallest absolute Gasteiger partial charge is 0.304 e. The maximum absolute atomic E-state index is 10.3. The van der Waals surface area contributed by atoms with Gasteiger partial charge in [0.15, 0.2) is 0 Å². The Morgan fingerprint density at radius 2 is 2.25 bits per heavy atom. The van der Waals surface area contributed by atoms with E-state index >= 15 is 0 Å². The van der Waals surface area contributed by atoms with E-state index in [1.807, 2.05) is 24.3 Å². The summed E-state index contributed by atoms with van der Waals surface area (Å²) in [6.45, 7) is 0.273. The molecule has 0 saturated carbocycles. The van der Waals surface area contributed by atoms with Crippen molar-refractivity contribution in [3.8, 4) is 6.07 Å². The first kappa shape index (κ1) is 12.7. The summed E-state index contributed by atoms with van der Waals surface area (Å²) in [5, 5.41) is 20.4. The second-order valence-electron chi connectivity index (χ2n) is 3.18. The fourth-order valence-electron chi connectivity index (χ4n) is 1.26. The number of benzene rings is 1. The number of carboxylic acid groups (broad SMARTS) is 1. The van der Waals surface area contributed by atoms with Gasteiger partial charge in [0.25, 0.3) is 0 Å². The Balaban J connectivity index is 2.65. The van der Waals surface area contributed by atoms with Crippen LogP contribution in [0.2, 0.25) is 0 Å². The lowest BCUT2D eigenvalue weighted by molar-refractivity contribution is -0.136. The van der Waals surface area contributed by atoms with Crippen LogP contribution in [0, 0.1) is 11.3 Å². The van der Waals surface area contributed by atoms with E-state index in [0.717, 1.165) is 10.0 Å². The van der Waals surface area contributed by atoms with Crippen LogP contribution in [0.4, 0.5) is 0 Å². The summed E-state index contributed by atoms with van der Waals surface area (Å²) in [4.78, 5) is 10.3. The molecule has 16 heavy (non-hydrogen) atoms. The Labute approximate surface area is 102 Å². The van der Waals surface area contributed by atoms with Crippen LogP contribution in [-0.2, 0) is 4.79 Å². The molecule has 0 aliphatic heterocycles. The second-order valence-corrected chi connectivity index (χ2v) is 4.04. The van der Waals surface area contributed by atoms with Crippen molar-refractivity contribution >= 4 is 21.9 Å². The normalized spacial score (nSPS) is 11.8. The van der Waals surface area contributed by atoms with Gasteiger partial charge in [-0.2, -0.15) is 5.26 Å². The number of hydrogen-bond acceptors (Lipinski definition) is 3. The summed E-state index contributed by atoms with van der Waals surface area (Å²) in [6.07, 6.45) is 0.00261. The van der Waals surface area contributed by atoms with Crippen LogP contribution in [0.1, 0.15) is 18.0 Å². The SMILES string of the molecule is N#CC(NCCC(=O)O)c1ccccc1Br. The molecule has 0 radical (unpaired) electrons. The molecule has 0 heterocycles. The van der Waals surface area contributed by atoms with Crippen LogP contribution in [0.3, 0.4) is 0 Å². The van der Waals surface area contributed by atoms with E-state index in [1.54, 1.807) is 0 Å². The fraction of sp³-hybridized carbons (Fsp3) is 0.273. The molecule has 1 unspecified atom stereocenters. The predicted octanol–water partition coefficient (Wildman–Crippen LogP) is 2.08. The predicted molar refractivity (Wildman–Crippen MR) is 62.8 cm³/mol. The maximum atomic E-state index is 10.3. The number of aliphatic carboxylic acids is 1. The van der Waals surface area contributed by atoms with Crippen molar-refractivity contribution < 1.29 is 9.90 Å². The molecule has 0 aliphatic carbocycles. The Morgan fingerprint density at radius 3 is 2.81 bits per heavy atom. The number of nitrogens with one attached hydrogen (secondary N) is 1. The van der Waals surface area contributed by atoms with Gasteiger partial charge >= 0.3 is 5.97 Å². The largest absolute Gasteiger partial charge is 0.481 e. The minimum Gasteiger partial charge on any atom is -0.481 e. The molecule has 0 saturated heterocycles. The molecule has 2 N–H and O–H groups in total. The highest BCUT2D eigenvalue weighted by Crippen LogP contribution is 2.22. The highest BCUT2D eigenvalue weighted by atomic mass is 79.9. The van der Waals surface area contributed by atoms with Crippen molar-refractivity contribution in [2.24, 2.45) is 0 Å². The molecule has 0 spiro atoms. The lowest BCUT2D eigenvalue weighted by Gasteiger charge is -2.12. The third-order valence-corrected chi connectivity index (χ3v) is 2.75. The Hall–Kier alpha value is -1.38. The average molecular weight is 283 g/mol. The van der Waals surface area contributed by atoms with Gasteiger partial charge in [-0.05, 0) is 11.6 Å². The van der Waals surface area contributed by atoms with Gasteiger partial charge in [0, 0.05) is 11.0 Å². The topological polar surface area (TPSA) is 73.1 Å². The first-order chi connectivity index (χ1) is 7.65. The molecule has 0 aliphatic rings. The van der Waals surface area contributed by atoms with Crippen molar-refractivity contribution in [3.05, 3.63) is 34.3 Å². The Morgan fingerprint density at radius 1 is 1.56 bits per heavy atom. The summed E-state index contributed by atoms with van der Waals surface area (Å²) >= 11 is 3.35. The zero-order valence-corrected chi connectivity index (χ0v) is 10.1. The van der Waals surface area contributed by atoms with E-state index in [4.69, 9.17) is 10.4 Å². The fourth-order valence-corrected chi connectivity index (χ4v) is 1.77. The highest BCUT2D eigenvalue weighted by molar-refractivity contribution is 9.10. The summed E-state index contributed by atoms with van der Waals surface area (Å²) in [6, 6.07) is 8.98. The zero-order valence-electron chi connectivity index (χ0n) is 8.48. The van der Waals surface area contributed by atoms with Crippen LogP contribution in [-0.4, -0.2) is 17.6 Å². The lowest BCUT2D eigenvalue weighted by atomic mass is 10.1. The summed E-state index contributed by atoms with van der Waals surface area (Å²) in [7, 11) is 0. The standard InChI is InChI=1S/C11H11BrN2O2/c12-9-4-2-1-3-8(9)10(7-13)14-6-5-11(15)16/h1-4,10,14H,5-6H2,(H,15,16). The van der Waals surface area contributed by atoms with Gasteiger partial charge < -0.3 is 5.11 Å². The van der Waals surface area contributed by atoms with Crippen LogP contribution in [0.15, 0.2) is 28.7 Å². The molecule has 0 amide bonds. The number of hydrogen-bond donors (Lipinski definition) is 2. The summed E-state index contributed by atoms with van der Waals surface area (Å²) in [5.41, 5.74) is 0.815. The second kappa shape index (κ2) is 6.26. The third kappa shape index (κ3) is 3.65. The third-order valence-electron chi connectivity index (χ3n) is 2.03. The van der Waals surface area contributed by atoms with Gasteiger partial charge in [-0.25, -0.2) is 0 Å². The van der Waals surface area contributed by atoms with E-state index in [9.17, 15) is 4.79 Å². The first-order valence-electron chi connectivity index (χ1n) is 4.74. The molecule has 0 bridgehead atoms. The molecule has 0 fully saturated rings. The lowest BCUT2D eigenvalue weighted by Crippen LogP contribution is -2.23.